The smallest absolute Gasteiger partial charge is 0.335 e. The fourth-order valence-corrected chi connectivity index (χ4v) is 3.03. The maximum absolute atomic E-state index is 13.1. The van der Waals surface area contributed by atoms with Crippen LogP contribution in [0.3, 0.4) is 0 Å². The summed E-state index contributed by atoms with van der Waals surface area (Å²) in [6, 6.07) is 3.82. The van der Waals surface area contributed by atoms with E-state index in [-0.39, 0.29) is 17.5 Å². The Hall–Kier alpha value is -3.17. The zero-order valence-electron chi connectivity index (χ0n) is 15.3. The normalized spacial score (nSPS) is 18.3. The van der Waals surface area contributed by atoms with Gasteiger partial charge in [-0.05, 0) is 25.5 Å². The van der Waals surface area contributed by atoms with Gasteiger partial charge in [0.25, 0.3) is 0 Å². The largest absolute Gasteiger partial charge is 0.495 e. The molecule has 0 saturated heterocycles. The zero-order chi connectivity index (χ0) is 19.7. The van der Waals surface area contributed by atoms with Crippen LogP contribution in [0, 0.1) is 12.8 Å². The topological polar surface area (TPSA) is 87.8 Å². The predicted octanol–water partition coefficient (Wildman–Crippen LogP) is 3.02. The first kappa shape index (κ1) is 18.2. The second kappa shape index (κ2) is 7.45. The molecule has 0 radical (unpaired) electrons. The van der Waals surface area contributed by atoms with Crippen molar-refractivity contribution in [1.29, 1.82) is 0 Å². The monoisotopic (exact) mass is 388 g/mol. The van der Waals surface area contributed by atoms with Crippen molar-refractivity contribution in [3.05, 3.63) is 42.2 Å². The average Bonchev–Trinajstić information content (AvgIpc) is 3.31. The van der Waals surface area contributed by atoms with Gasteiger partial charge in [0, 0.05) is 23.7 Å². The van der Waals surface area contributed by atoms with Crippen LogP contribution in [0.2, 0.25) is 0 Å². The van der Waals surface area contributed by atoms with Gasteiger partial charge in [0.05, 0.1) is 31.7 Å². The van der Waals surface area contributed by atoms with E-state index in [9.17, 15) is 8.78 Å². The molecule has 0 spiro atoms. The Morgan fingerprint density at radius 2 is 2.07 bits per heavy atom. The minimum absolute atomic E-state index is 0.106. The number of rotatable bonds is 7. The summed E-state index contributed by atoms with van der Waals surface area (Å²) in [6.07, 6.45) is 5.32. The lowest BCUT2D eigenvalue weighted by Gasteiger charge is -2.11. The second-order valence-corrected chi connectivity index (χ2v) is 6.51. The van der Waals surface area contributed by atoms with E-state index in [1.165, 1.54) is 12.4 Å². The van der Waals surface area contributed by atoms with Gasteiger partial charge in [-0.25, -0.2) is 4.98 Å². The molecular weight excluding hydrogens is 370 g/mol. The third-order valence-corrected chi connectivity index (χ3v) is 4.64. The highest BCUT2D eigenvalue weighted by molar-refractivity contribution is 5.63. The number of hydrogen-bond acceptors (Lipinski definition) is 7. The molecule has 0 aliphatic heterocycles. The maximum atomic E-state index is 13.1. The molecule has 0 bridgehead atoms. The molecule has 28 heavy (non-hydrogen) atoms. The summed E-state index contributed by atoms with van der Waals surface area (Å²) in [6.45, 7) is -0.709. The molecule has 2 atom stereocenters. The zero-order valence-corrected chi connectivity index (χ0v) is 15.3. The van der Waals surface area contributed by atoms with Crippen LogP contribution in [0.4, 0.5) is 8.78 Å². The maximum Gasteiger partial charge on any atom is 0.335 e. The Bertz CT molecular complexity index is 963. The lowest BCUT2D eigenvalue weighted by atomic mass is 10.2. The highest BCUT2D eigenvalue weighted by Crippen LogP contribution is 2.47. The Morgan fingerprint density at radius 1 is 1.21 bits per heavy atom. The quantitative estimate of drug-likeness (QED) is 0.615. The van der Waals surface area contributed by atoms with E-state index in [0.29, 0.717) is 34.3 Å². The molecule has 8 nitrogen and oxygen atoms in total. The number of methoxy groups -OCH3 is 1. The molecule has 0 aromatic carbocycles. The van der Waals surface area contributed by atoms with E-state index in [1.54, 1.807) is 20.2 Å². The summed E-state index contributed by atoms with van der Waals surface area (Å²) in [5, 5.41) is 6.98. The number of alkyl halides is 2. The molecule has 10 heteroatoms. The first-order chi connectivity index (χ1) is 13.6. The average molecular weight is 388 g/mol. The molecule has 3 heterocycles. The molecular formula is C18H18F2N6O2. The Kier molecular flexibility index (Phi) is 4.84. The first-order valence-corrected chi connectivity index (χ1v) is 8.72. The van der Waals surface area contributed by atoms with E-state index in [2.05, 4.69) is 25.3 Å². The number of halogens is 2. The van der Waals surface area contributed by atoms with Crippen LogP contribution in [0.5, 0.6) is 11.6 Å². The third-order valence-electron chi connectivity index (χ3n) is 4.64. The molecule has 0 amide bonds. The molecule has 1 saturated carbocycles. The molecule has 1 unspecified atom stereocenters. The molecule has 1 fully saturated rings. The van der Waals surface area contributed by atoms with Gasteiger partial charge in [-0.15, -0.1) is 5.10 Å². The Labute approximate surface area is 159 Å². The van der Waals surface area contributed by atoms with Crippen LogP contribution >= 0.6 is 0 Å². The van der Waals surface area contributed by atoms with Crippen molar-refractivity contribution in [3.63, 3.8) is 0 Å². The van der Waals surface area contributed by atoms with Crippen molar-refractivity contribution in [2.75, 3.05) is 13.7 Å². The molecule has 146 valence electrons. The summed E-state index contributed by atoms with van der Waals surface area (Å²) in [5.74, 6) is 2.01. The van der Waals surface area contributed by atoms with Gasteiger partial charge in [0.2, 0.25) is 5.88 Å². The Morgan fingerprint density at radius 3 is 2.79 bits per heavy atom. The summed E-state index contributed by atoms with van der Waals surface area (Å²) in [7, 11) is 1.60. The van der Waals surface area contributed by atoms with E-state index < -0.39 is 6.55 Å². The van der Waals surface area contributed by atoms with Crippen molar-refractivity contribution in [2.45, 2.75) is 25.8 Å². The highest BCUT2D eigenvalue weighted by atomic mass is 19.3. The number of nitrogens with zero attached hydrogens (tertiary/aromatic N) is 6. The molecule has 3 aromatic heterocycles. The van der Waals surface area contributed by atoms with Crippen LogP contribution in [0.15, 0.2) is 30.7 Å². The van der Waals surface area contributed by atoms with Gasteiger partial charge < -0.3 is 9.47 Å². The highest BCUT2D eigenvalue weighted by Gasteiger charge is 2.40. The number of ether oxygens (including phenoxy) is 2. The molecule has 1 aliphatic rings. The van der Waals surface area contributed by atoms with Gasteiger partial charge in [-0.1, -0.05) is 5.21 Å². The van der Waals surface area contributed by atoms with Crippen molar-refractivity contribution in [3.8, 4) is 22.9 Å². The Balaban J connectivity index is 1.48. The lowest BCUT2D eigenvalue weighted by molar-refractivity contribution is 0.0564. The van der Waals surface area contributed by atoms with Crippen LogP contribution in [-0.4, -0.2) is 43.7 Å². The van der Waals surface area contributed by atoms with Gasteiger partial charge >= 0.3 is 6.55 Å². The van der Waals surface area contributed by atoms with Gasteiger partial charge in [-0.2, -0.15) is 18.4 Å². The van der Waals surface area contributed by atoms with Crippen molar-refractivity contribution in [2.24, 2.45) is 5.92 Å². The number of aryl methyl sites for hydroxylation is 1. The fourth-order valence-electron chi connectivity index (χ4n) is 3.03. The molecule has 0 N–H and O–H groups in total. The molecule has 4 rings (SSSR count). The number of aromatic nitrogens is 6. The van der Waals surface area contributed by atoms with Crippen molar-refractivity contribution >= 4 is 0 Å². The number of hydrogen-bond donors (Lipinski definition) is 0. The number of pyridine rings is 1. The summed E-state index contributed by atoms with van der Waals surface area (Å²) < 4.78 is 37.8. The van der Waals surface area contributed by atoms with Crippen molar-refractivity contribution in [1.82, 2.24) is 29.9 Å². The van der Waals surface area contributed by atoms with Crippen LogP contribution in [-0.2, 0) is 0 Å². The molecule has 1 aliphatic carbocycles. The van der Waals surface area contributed by atoms with E-state index in [4.69, 9.17) is 9.47 Å². The minimum atomic E-state index is -2.82. The van der Waals surface area contributed by atoms with Crippen LogP contribution in [0.1, 0.15) is 30.4 Å². The van der Waals surface area contributed by atoms with Crippen LogP contribution < -0.4 is 9.47 Å². The predicted molar refractivity (Wildman–Crippen MR) is 94.2 cm³/mol. The second-order valence-electron chi connectivity index (χ2n) is 6.51. The van der Waals surface area contributed by atoms with E-state index in [0.717, 1.165) is 12.1 Å². The van der Waals surface area contributed by atoms with Crippen molar-refractivity contribution < 1.29 is 18.3 Å². The fraction of sp³-hybridized carbons (Fsp3) is 0.389. The van der Waals surface area contributed by atoms with E-state index >= 15 is 0 Å². The lowest BCUT2D eigenvalue weighted by Crippen LogP contribution is -2.08. The third kappa shape index (κ3) is 3.62. The van der Waals surface area contributed by atoms with Gasteiger partial charge in [0.1, 0.15) is 17.3 Å². The standard InChI is InChI=1S/C18H18F2N6O2/c1-10-21-7-14(16-8-23-25-26(16)18(19)20)17(24-10)28-9-11-5-13(11)15-4-3-12(27-2)6-22-15/h3-4,6-8,11,13,18H,5,9H2,1-2H3/t11?,13-/m1/s1. The SMILES string of the molecule is COc1ccc([C@@H]2CC2COc2nc(C)ncc2-c2cnnn2C(F)F)nc1. The summed E-state index contributed by atoms with van der Waals surface area (Å²) >= 11 is 0. The van der Waals surface area contributed by atoms with Crippen LogP contribution in [0.25, 0.3) is 11.3 Å². The van der Waals surface area contributed by atoms with Gasteiger partial charge in [0.15, 0.2) is 0 Å². The summed E-state index contributed by atoms with van der Waals surface area (Å²) in [5.41, 5.74) is 1.42. The first-order valence-electron chi connectivity index (χ1n) is 8.72. The molecule has 3 aromatic rings. The summed E-state index contributed by atoms with van der Waals surface area (Å²) in [4.78, 5) is 12.8. The van der Waals surface area contributed by atoms with Gasteiger partial charge in [-0.3, -0.25) is 4.98 Å². The van der Waals surface area contributed by atoms with E-state index in [1.807, 2.05) is 12.1 Å². The minimum Gasteiger partial charge on any atom is -0.495 e.